The van der Waals surface area contributed by atoms with E-state index in [0.29, 0.717) is 6.67 Å². The summed E-state index contributed by atoms with van der Waals surface area (Å²) >= 11 is 0. The molecule has 86 valence electrons. The molecule has 0 aliphatic carbocycles. The third-order valence-corrected chi connectivity index (χ3v) is 2.82. The van der Waals surface area contributed by atoms with Crippen molar-refractivity contribution < 1.29 is 8.42 Å². The predicted molar refractivity (Wildman–Crippen MR) is 58.4 cm³/mol. The molecule has 0 aliphatic heterocycles. The summed E-state index contributed by atoms with van der Waals surface area (Å²) in [7, 11) is -1.24. The zero-order chi connectivity index (χ0) is 11.4. The molecule has 0 saturated carbocycles. The van der Waals surface area contributed by atoms with Gasteiger partial charge in [0.15, 0.2) is 0 Å². The maximum absolute atomic E-state index is 11.0. The van der Waals surface area contributed by atoms with Gasteiger partial charge in [0, 0.05) is 18.8 Å². The van der Waals surface area contributed by atoms with E-state index in [1.54, 1.807) is 0 Å². The summed E-state index contributed by atoms with van der Waals surface area (Å²) in [5.74, 6) is 0. The molecule has 6 heteroatoms. The largest absolute Gasteiger partial charge is 0.318 e. The van der Waals surface area contributed by atoms with Gasteiger partial charge in [-0.1, -0.05) is 0 Å². The van der Waals surface area contributed by atoms with Crippen molar-refractivity contribution in [2.24, 2.45) is 5.73 Å². The van der Waals surface area contributed by atoms with Gasteiger partial charge in [-0.05, 0) is 27.3 Å². The molecule has 0 heterocycles. The van der Waals surface area contributed by atoms with Crippen molar-refractivity contribution in [2.45, 2.75) is 25.8 Å². The van der Waals surface area contributed by atoms with Gasteiger partial charge < -0.3 is 5.73 Å². The highest BCUT2D eigenvalue weighted by atomic mass is 32.2. The van der Waals surface area contributed by atoms with Crippen molar-refractivity contribution >= 4 is 10.0 Å². The molecule has 0 amide bonds. The van der Waals surface area contributed by atoms with Crippen molar-refractivity contribution in [1.82, 2.24) is 9.62 Å². The van der Waals surface area contributed by atoms with E-state index in [2.05, 4.69) is 4.72 Å². The maximum atomic E-state index is 11.0. The zero-order valence-electron chi connectivity index (χ0n) is 9.37. The van der Waals surface area contributed by atoms with Gasteiger partial charge in [-0.2, -0.15) is 0 Å². The highest BCUT2D eigenvalue weighted by Gasteiger charge is 2.21. The minimum Gasteiger partial charge on any atom is -0.318 e. The summed E-state index contributed by atoms with van der Waals surface area (Å²) in [6.45, 7) is 4.97. The third-order valence-electron chi connectivity index (χ3n) is 1.89. The molecule has 0 aliphatic rings. The first-order valence-corrected chi connectivity index (χ1v) is 6.43. The number of hydrogen-bond acceptors (Lipinski definition) is 4. The van der Waals surface area contributed by atoms with Crippen LogP contribution < -0.4 is 10.5 Å². The summed E-state index contributed by atoms with van der Waals surface area (Å²) in [5, 5.41) is 0. The molecule has 0 aromatic heterocycles. The average Bonchev–Trinajstić information content (AvgIpc) is 1.96. The Morgan fingerprint density at radius 1 is 1.43 bits per heavy atom. The summed E-state index contributed by atoms with van der Waals surface area (Å²) in [6, 6.07) is 0. The van der Waals surface area contributed by atoms with Gasteiger partial charge in [-0.3, -0.25) is 4.90 Å². The third kappa shape index (κ3) is 7.25. The van der Waals surface area contributed by atoms with Gasteiger partial charge in [0.1, 0.15) is 0 Å². The lowest BCUT2D eigenvalue weighted by Gasteiger charge is -2.27. The SMILES string of the molecule is CN(CN)CCC(C)(C)NS(C)(=O)=O. The Balaban J connectivity index is 4.08. The molecule has 0 fully saturated rings. The van der Waals surface area contributed by atoms with Gasteiger partial charge in [-0.15, -0.1) is 0 Å². The molecule has 0 unspecified atom stereocenters. The van der Waals surface area contributed by atoms with Gasteiger partial charge >= 0.3 is 0 Å². The molecule has 0 atom stereocenters. The van der Waals surface area contributed by atoms with Crippen LogP contribution in [-0.4, -0.2) is 45.4 Å². The number of hydrogen-bond donors (Lipinski definition) is 2. The van der Waals surface area contributed by atoms with Gasteiger partial charge in [0.25, 0.3) is 0 Å². The van der Waals surface area contributed by atoms with Crippen LogP contribution in [0, 0.1) is 0 Å². The fourth-order valence-electron chi connectivity index (χ4n) is 1.11. The lowest BCUT2D eigenvalue weighted by Crippen LogP contribution is -2.45. The Morgan fingerprint density at radius 2 is 1.93 bits per heavy atom. The lowest BCUT2D eigenvalue weighted by atomic mass is 10.0. The summed E-state index contributed by atoms with van der Waals surface area (Å²) in [5.41, 5.74) is 5.00. The van der Waals surface area contributed by atoms with Crippen molar-refractivity contribution in [1.29, 1.82) is 0 Å². The Morgan fingerprint density at radius 3 is 2.29 bits per heavy atom. The second-order valence-corrected chi connectivity index (χ2v) is 6.02. The second kappa shape index (κ2) is 5.06. The number of nitrogens with one attached hydrogen (secondary N) is 1. The molecular formula is C8H21N3O2S. The number of sulfonamides is 1. The summed E-state index contributed by atoms with van der Waals surface area (Å²) in [6.07, 6.45) is 1.90. The second-order valence-electron chi connectivity index (χ2n) is 4.27. The number of rotatable bonds is 6. The van der Waals surface area contributed by atoms with E-state index in [0.717, 1.165) is 13.0 Å². The Kier molecular flexibility index (Phi) is 5.00. The van der Waals surface area contributed by atoms with E-state index in [1.165, 1.54) is 6.26 Å². The molecule has 0 saturated heterocycles. The molecule has 5 nitrogen and oxygen atoms in total. The van der Waals surface area contributed by atoms with Crippen molar-refractivity contribution in [3.05, 3.63) is 0 Å². The molecule has 0 aromatic rings. The van der Waals surface area contributed by atoms with Crippen LogP contribution in [0.2, 0.25) is 0 Å². The number of nitrogens with zero attached hydrogens (tertiary/aromatic N) is 1. The molecular weight excluding hydrogens is 202 g/mol. The topological polar surface area (TPSA) is 75.4 Å². The molecule has 14 heavy (non-hydrogen) atoms. The molecule has 0 aromatic carbocycles. The first-order valence-electron chi connectivity index (χ1n) is 4.54. The van der Waals surface area contributed by atoms with Crippen LogP contribution in [0.15, 0.2) is 0 Å². The molecule has 3 N–H and O–H groups in total. The highest BCUT2D eigenvalue weighted by molar-refractivity contribution is 7.88. The molecule has 0 bridgehead atoms. The zero-order valence-corrected chi connectivity index (χ0v) is 10.2. The van der Waals surface area contributed by atoms with Crippen LogP contribution in [0.3, 0.4) is 0 Å². The van der Waals surface area contributed by atoms with E-state index in [4.69, 9.17) is 5.73 Å². The summed E-state index contributed by atoms with van der Waals surface area (Å²) in [4.78, 5) is 1.94. The van der Waals surface area contributed by atoms with E-state index in [9.17, 15) is 8.42 Å². The predicted octanol–water partition coefficient (Wildman–Crippen LogP) is -0.448. The Hall–Kier alpha value is -0.170. The van der Waals surface area contributed by atoms with Crippen molar-refractivity contribution in [2.75, 3.05) is 26.5 Å². The van der Waals surface area contributed by atoms with E-state index >= 15 is 0 Å². The number of nitrogens with two attached hydrogens (primary N) is 1. The van der Waals surface area contributed by atoms with Gasteiger partial charge in [-0.25, -0.2) is 13.1 Å². The first kappa shape index (κ1) is 13.8. The van der Waals surface area contributed by atoms with Crippen LogP contribution in [0.25, 0.3) is 0 Å². The van der Waals surface area contributed by atoms with E-state index in [-0.39, 0.29) is 0 Å². The van der Waals surface area contributed by atoms with Crippen LogP contribution in [0.4, 0.5) is 0 Å². The van der Waals surface area contributed by atoms with E-state index in [1.807, 2.05) is 25.8 Å². The maximum Gasteiger partial charge on any atom is 0.209 e. The van der Waals surface area contributed by atoms with Crippen LogP contribution in [-0.2, 0) is 10.0 Å². The molecule has 0 spiro atoms. The molecule has 0 radical (unpaired) electrons. The minimum absolute atomic E-state index is 0.420. The quantitative estimate of drug-likeness (QED) is 0.598. The smallest absolute Gasteiger partial charge is 0.209 e. The lowest BCUT2D eigenvalue weighted by molar-refractivity contribution is 0.292. The van der Waals surface area contributed by atoms with Gasteiger partial charge in [0.2, 0.25) is 10.0 Å². The normalized spacial score (nSPS) is 13.6. The Labute approximate surface area is 86.7 Å². The minimum atomic E-state index is -3.14. The average molecular weight is 223 g/mol. The Bertz CT molecular complexity index is 262. The summed E-state index contributed by atoms with van der Waals surface area (Å²) < 4.78 is 24.6. The fraction of sp³-hybridized carbons (Fsp3) is 1.00. The fourth-order valence-corrected chi connectivity index (χ4v) is 2.22. The first-order chi connectivity index (χ1) is 6.16. The van der Waals surface area contributed by atoms with Crippen LogP contribution >= 0.6 is 0 Å². The standard InChI is InChI=1S/C8H21N3O2S/c1-8(2,10-14(4,12)13)5-6-11(3)7-9/h10H,5-7,9H2,1-4H3. The van der Waals surface area contributed by atoms with Crippen molar-refractivity contribution in [3.8, 4) is 0 Å². The van der Waals surface area contributed by atoms with Gasteiger partial charge in [0.05, 0.1) is 6.26 Å². The molecule has 0 rings (SSSR count). The van der Waals surface area contributed by atoms with E-state index < -0.39 is 15.6 Å². The van der Waals surface area contributed by atoms with Crippen LogP contribution in [0.5, 0.6) is 0 Å². The van der Waals surface area contributed by atoms with Crippen molar-refractivity contribution in [3.63, 3.8) is 0 Å². The highest BCUT2D eigenvalue weighted by Crippen LogP contribution is 2.09. The van der Waals surface area contributed by atoms with Crippen LogP contribution in [0.1, 0.15) is 20.3 Å². The monoisotopic (exact) mass is 223 g/mol.